The Labute approximate surface area is 119 Å². The van der Waals surface area contributed by atoms with Crippen molar-refractivity contribution in [2.75, 3.05) is 13.1 Å². The second-order valence-corrected chi connectivity index (χ2v) is 4.98. The minimum absolute atomic E-state index is 0.178. The number of benzene rings is 1. The lowest BCUT2D eigenvalue weighted by Gasteiger charge is -2.30. The molecule has 0 bridgehead atoms. The molecule has 4 nitrogen and oxygen atoms in total. The summed E-state index contributed by atoms with van der Waals surface area (Å²) in [5.74, 6) is -1.70. The number of alkyl halides is 3. The van der Waals surface area contributed by atoms with E-state index in [9.17, 15) is 22.8 Å². The molecule has 0 spiro atoms. The number of nitrogens with zero attached hydrogens (tertiary/aromatic N) is 1. The van der Waals surface area contributed by atoms with Crippen LogP contribution in [0.2, 0.25) is 0 Å². The van der Waals surface area contributed by atoms with Gasteiger partial charge in [0, 0.05) is 18.7 Å². The first-order chi connectivity index (χ1) is 9.79. The largest absolute Gasteiger partial charge is 0.481 e. The van der Waals surface area contributed by atoms with Gasteiger partial charge in [0.15, 0.2) is 0 Å². The maximum absolute atomic E-state index is 12.4. The number of carbonyl (C=O) groups is 2. The third-order valence-corrected chi connectivity index (χ3v) is 3.59. The molecule has 1 heterocycles. The Morgan fingerprint density at radius 2 is 1.62 bits per heavy atom. The molecule has 7 heteroatoms. The number of carboxylic acids is 1. The molecule has 1 amide bonds. The van der Waals surface area contributed by atoms with Crippen LogP contribution in [0.25, 0.3) is 0 Å². The first-order valence-corrected chi connectivity index (χ1v) is 6.48. The molecule has 1 saturated heterocycles. The summed E-state index contributed by atoms with van der Waals surface area (Å²) >= 11 is 0. The number of piperidine rings is 1. The van der Waals surface area contributed by atoms with Crippen LogP contribution in [-0.2, 0) is 11.0 Å². The molecule has 1 fully saturated rings. The Balaban J connectivity index is 2.03. The number of amides is 1. The second kappa shape index (κ2) is 5.75. The first-order valence-electron chi connectivity index (χ1n) is 6.48. The third-order valence-electron chi connectivity index (χ3n) is 3.59. The van der Waals surface area contributed by atoms with E-state index in [-0.39, 0.29) is 11.5 Å². The van der Waals surface area contributed by atoms with Crippen LogP contribution in [0.1, 0.15) is 28.8 Å². The van der Waals surface area contributed by atoms with Crippen molar-refractivity contribution < 1.29 is 27.9 Å². The lowest BCUT2D eigenvalue weighted by Crippen LogP contribution is -2.40. The van der Waals surface area contributed by atoms with Gasteiger partial charge >= 0.3 is 12.1 Å². The highest BCUT2D eigenvalue weighted by Gasteiger charge is 2.31. The van der Waals surface area contributed by atoms with E-state index >= 15 is 0 Å². The van der Waals surface area contributed by atoms with Gasteiger partial charge in [-0.1, -0.05) is 0 Å². The highest BCUT2D eigenvalue weighted by Crippen LogP contribution is 2.29. The van der Waals surface area contributed by atoms with Crippen molar-refractivity contribution in [1.82, 2.24) is 4.90 Å². The molecule has 0 unspecified atom stereocenters. The average molecular weight is 301 g/mol. The van der Waals surface area contributed by atoms with E-state index in [1.807, 2.05) is 0 Å². The summed E-state index contributed by atoms with van der Waals surface area (Å²) in [6, 6.07) is 4.04. The standard InChI is InChI=1S/C14H14F3NO3/c15-14(16,17)11-3-1-9(2-4-11)12(19)18-7-5-10(6-8-18)13(20)21/h1-4,10H,5-8H2,(H,20,21). The fourth-order valence-corrected chi connectivity index (χ4v) is 2.31. The van der Waals surface area contributed by atoms with Gasteiger partial charge in [-0.05, 0) is 37.1 Å². The Morgan fingerprint density at radius 1 is 1.10 bits per heavy atom. The molecule has 0 aromatic heterocycles. The van der Waals surface area contributed by atoms with E-state index in [0.29, 0.717) is 25.9 Å². The molecular formula is C14H14F3NO3. The van der Waals surface area contributed by atoms with Crippen molar-refractivity contribution >= 4 is 11.9 Å². The Hall–Kier alpha value is -2.05. The number of carboxylic acid groups (broad SMARTS) is 1. The van der Waals surface area contributed by atoms with Crippen molar-refractivity contribution in [3.63, 3.8) is 0 Å². The SMILES string of the molecule is O=C(O)C1CCN(C(=O)c2ccc(C(F)(F)F)cc2)CC1. The average Bonchev–Trinajstić information content (AvgIpc) is 2.46. The van der Waals surface area contributed by atoms with Crippen molar-refractivity contribution in [3.05, 3.63) is 35.4 Å². The smallest absolute Gasteiger partial charge is 0.416 e. The van der Waals surface area contributed by atoms with E-state index in [2.05, 4.69) is 0 Å². The lowest BCUT2D eigenvalue weighted by atomic mass is 9.96. The highest BCUT2D eigenvalue weighted by atomic mass is 19.4. The Morgan fingerprint density at radius 3 is 2.05 bits per heavy atom. The normalized spacial score (nSPS) is 16.8. The number of hydrogen-bond donors (Lipinski definition) is 1. The molecule has 0 saturated carbocycles. The molecular weight excluding hydrogens is 287 g/mol. The summed E-state index contributed by atoms with van der Waals surface area (Å²) in [4.78, 5) is 24.4. The molecule has 0 aliphatic carbocycles. The van der Waals surface area contributed by atoms with Gasteiger partial charge < -0.3 is 10.0 Å². The molecule has 1 aliphatic heterocycles. The van der Waals surface area contributed by atoms with Crippen LogP contribution in [0, 0.1) is 5.92 Å². The summed E-state index contributed by atoms with van der Waals surface area (Å²) in [6.07, 6.45) is -3.70. The fraction of sp³-hybridized carbons (Fsp3) is 0.429. The number of carbonyl (C=O) groups excluding carboxylic acids is 1. The van der Waals surface area contributed by atoms with Crippen LogP contribution in [-0.4, -0.2) is 35.0 Å². The highest BCUT2D eigenvalue weighted by molar-refractivity contribution is 5.94. The van der Waals surface area contributed by atoms with Crippen molar-refractivity contribution in [2.24, 2.45) is 5.92 Å². The molecule has 1 aromatic carbocycles. The van der Waals surface area contributed by atoms with E-state index in [0.717, 1.165) is 24.3 Å². The maximum atomic E-state index is 12.4. The summed E-state index contributed by atoms with van der Waals surface area (Å²) < 4.78 is 37.3. The topological polar surface area (TPSA) is 57.6 Å². The number of rotatable bonds is 2. The minimum Gasteiger partial charge on any atom is -0.481 e. The molecule has 2 rings (SSSR count). The summed E-state index contributed by atoms with van der Waals surface area (Å²) in [7, 11) is 0. The van der Waals surface area contributed by atoms with E-state index in [4.69, 9.17) is 5.11 Å². The van der Waals surface area contributed by atoms with Crippen LogP contribution in [0.4, 0.5) is 13.2 Å². The van der Waals surface area contributed by atoms with E-state index in [1.54, 1.807) is 0 Å². The Bertz CT molecular complexity index is 531. The van der Waals surface area contributed by atoms with Crippen LogP contribution in [0.15, 0.2) is 24.3 Å². The van der Waals surface area contributed by atoms with E-state index in [1.165, 1.54) is 4.90 Å². The number of hydrogen-bond acceptors (Lipinski definition) is 2. The molecule has 0 radical (unpaired) electrons. The quantitative estimate of drug-likeness (QED) is 0.913. The minimum atomic E-state index is -4.43. The lowest BCUT2D eigenvalue weighted by molar-refractivity contribution is -0.143. The zero-order valence-corrected chi connectivity index (χ0v) is 11.1. The zero-order valence-electron chi connectivity index (χ0n) is 11.1. The van der Waals surface area contributed by atoms with Gasteiger partial charge in [0.05, 0.1) is 11.5 Å². The van der Waals surface area contributed by atoms with Gasteiger partial charge in [-0.3, -0.25) is 9.59 Å². The van der Waals surface area contributed by atoms with Crippen LogP contribution >= 0.6 is 0 Å². The molecule has 114 valence electrons. The van der Waals surface area contributed by atoms with Gasteiger partial charge in [-0.2, -0.15) is 13.2 Å². The van der Waals surface area contributed by atoms with Crippen LogP contribution in [0.5, 0.6) is 0 Å². The zero-order chi connectivity index (χ0) is 15.6. The Kier molecular flexibility index (Phi) is 4.20. The summed E-state index contributed by atoms with van der Waals surface area (Å²) in [5.41, 5.74) is -0.625. The molecule has 1 aliphatic rings. The van der Waals surface area contributed by atoms with Crippen molar-refractivity contribution in [2.45, 2.75) is 19.0 Å². The number of aliphatic carboxylic acids is 1. The molecule has 1 N–H and O–H groups in total. The monoisotopic (exact) mass is 301 g/mol. The van der Waals surface area contributed by atoms with Crippen LogP contribution < -0.4 is 0 Å². The van der Waals surface area contributed by atoms with Gasteiger partial charge in [-0.15, -0.1) is 0 Å². The maximum Gasteiger partial charge on any atom is 0.416 e. The fourth-order valence-electron chi connectivity index (χ4n) is 2.31. The number of halogens is 3. The van der Waals surface area contributed by atoms with E-state index < -0.39 is 23.6 Å². The van der Waals surface area contributed by atoms with Gasteiger partial charge in [-0.25, -0.2) is 0 Å². The predicted octanol–water partition coefficient (Wildman–Crippen LogP) is 2.64. The van der Waals surface area contributed by atoms with Gasteiger partial charge in [0.25, 0.3) is 5.91 Å². The first kappa shape index (κ1) is 15.3. The van der Waals surface area contributed by atoms with Crippen molar-refractivity contribution in [3.8, 4) is 0 Å². The van der Waals surface area contributed by atoms with Gasteiger partial charge in [0.1, 0.15) is 0 Å². The summed E-state index contributed by atoms with van der Waals surface area (Å²) in [6.45, 7) is 0.605. The third kappa shape index (κ3) is 3.53. The predicted molar refractivity (Wildman–Crippen MR) is 67.7 cm³/mol. The van der Waals surface area contributed by atoms with Crippen molar-refractivity contribution in [1.29, 1.82) is 0 Å². The molecule has 21 heavy (non-hydrogen) atoms. The second-order valence-electron chi connectivity index (χ2n) is 4.98. The molecule has 0 atom stereocenters. The number of likely N-dealkylation sites (tertiary alicyclic amines) is 1. The molecule has 1 aromatic rings. The summed E-state index contributed by atoms with van der Waals surface area (Å²) in [5, 5.41) is 8.88. The van der Waals surface area contributed by atoms with Crippen LogP contribution in [0.3, 0.4) is 0 Å². The van der Waals surface area contributed by atoms with Gasteiger partial charge in [0.2, 0.25) is 0 Å².